The Morgan fingerprint density at radius 2 is 2.20 bits per heavy atom. The van der Waals surface area contributed by atoms with Crippen molar-refractivity contribution in [3.63, 3.8) is 0 Å². The van der Waals surface area contributed by atoms with Gasteiger partial charge in [-0.2, -0.15) is 0 Å². The molecule has 10 heavy (non-hydrogen) atoms. The Balaban J connectivity index is 3.83. The zero-order valence-electron chi connectivity index (χ0n) is 5.07. The van der Waals surface area contributed by atoms with Gasteiger partial charge in [-0.25, -0.2) is 0 Å². The topological polar surface area (TPSA) is 92.4 Å². The first-order valence-corrected chi connectivity index (χ1v) is 2.93. The summed E-state index contributed by atoms with van der Waals surface area (Å²) in [6, 6.07) is -0.999. The zero-order valence-corrected chi connectivity index (χ0v) is 5.97. The van der Waals surface area contributed by atoms with Crippen LogP contribution in [0.15, 0.2) is 0 Å². The second-order valence-corrected chi connectivity index (χ2v) is 1.95. The summed E-state index contributed by atoms with van der Waals surface area (Å²) >= 11 is 3.49. The first-order chi connectivity index (χ1) is 4.57. The molecule has 5 nitrogen and oxygen atoms in total. The molecule has 1 atom stereocenters. The molecule has 58 valence electrons. The Hall–Kier alpha value is -0.750. The van der Waals surface area contributed by atoms with Gasteiger partial charge in [0, 0.05) is 0 Å². The van der Waals surface area contributed by atoms with Crippen molar-refractivity contribution >= 4 is 24.7 Å². The Morgan fingerprint density at radius 3 is 2.30 bits per heavy atom. The number of nitrogens with one attached hydrogen (secondary N) is 1. The van der Waals surface area contributed by atoms with Gasteiger partial charge in [0.05, 0.1) is 6.42 Å². The third-order valence-corrected chi connectivity index (χ3v) is 1.17. The lowest BCUT2D eigenvalue weighted by atomic mass is 10.2. The molecule has 0 heterocycles. The Labute approximate surface area is 63.1 Å². The predicted octanol–water partition coefficient (Wildman–Crippen LogP) is -1.25. The second kappa shape index (κ2) is 4.13. The molecule has 0 aliphatic heterocycles. The van der Waals surface area contributed by atoms with Gasteiger partial charge in [0.25, 0.3) is 0 Å². The van der Waals surface area contributed by atoms with Gasteiger partial charge in [-0.05, 0) is 0 Å². The number of aliphatic carboxylic acids is 1. The minimum absolute atomic E-state index is 0.251. The van der Waals surface area contributed by atoms with E-state index in [1.807, 2.05) is 0 Å². The van der Waals surface area contributed by atoms with Gasteiger partial charge in [-0.15, -0.1) is 0 Å². The van der Waals surface area contributed by atoms with Crippen LogP contribution in [0.2, 0.25) is 0 Å². The minimum atomic E-state index is -1.14. The van der Waals surface area contributed by atoms with E-state index in [2.05, 4.69) is 17.5 Å². The fraction of sp³-hybridized carbons (Fsp3) is 0.500. The van der Waals surface area contributed by atoms with Gasteiger partial charge in [0.2, 0.25) is 5.91 Å². The van der Waals surface area contributed by atoms with Crippen LogP contribution in [0.25, 0.3) is 0 Å². The van der Waals surface area contributed by atoms with E-state index in [1.54, 1.807) is 0 Å². The molecule has 0 spiro atoms. The highest BCUT2D eigenvalue weighted by Crippen LogP contribution is 1.91. The molecule has 0 aliphatic rings. The maximum absolute atomic E-state index is 10.2. The molecule has 0 aromatic rings. The van der Waals surface area contributed by atoms with Crippen molar-refractivity contribution < 1.29 is 14.7 Å². The fourth-order valence-corrected chi connectivity index (χ4v) is 0.591. The largest absolute Gasteiger partial charge is 0.480 e. The molecule has 1 amide bonds. The zero-order chi connectivity index (χ0) is 8.15. The quantitative estimate of drug-likeness (QED) is 0.391. The summed E-state index contributed by atoms with van der Waals surface area (Å²) in [7, 11) is 0. The molecule has 0 aromatic carbocycles. The number of carboxylic acid groups (broad SMARTS) is 1. The lowest BCUT2D eigenvalue weighted by Gasteiger charge is -2.05. The summed E-state index contributed by atoms with van der Waals surface area (Å²) in [5, 5.41) is 8.30. The maximum atomic E-state index is 10.2. The van der Waals surface area contributed by atoms with E-state index in [1.165, 1.54) is 0 Å². The van der Waals surface area contributed by atoms with Crippen molar-refractivity contribution in [1.29, 1.82) is 0 Å². The number of thiol groups is 1. The van der Waals surface area contributed by atoms with Crippen LogP contribution in [0.4, 0.5) is 0 Å². The summed E-state index contributed by atoms with van der Waals surface area (Å²) in [6.07, 6.45) is -0.251. The summed E-state index contributed by atoms with van der Waals surface area (Å²) in [5.74, 6) is -1.82. The van der Waals surface area contributed by atoms with Crippen LogP contribution >= 0.6 is 12.8 Å². The molecule has 0 unspecified atom stereocenters. The van der Waals surface area contributed by atoms with Gasteiger partial charge in [0.15, 0.2) is 0 Å². The van der Waals surface area contributed by atoms with E-state index < -0.39 is 17.9 Å². The average molecular weight is 164 g/mol. The third-order valence-electron chi connectivity index (χ3n) is 0.859. The van der Waals surface area contributed by atoms with Crippen molar-refractivity contribution in [3.8, 4) is 0 Å². The monoisotopic (exact) mass is 164 g/mol. The van der Waals surface area contributed by atoms with Crippen LogP contribution in [-0.2, 0) is 9.59 Å². The molecule has 0 aliphatic carbocycles. The summed E-state index contributed by atoms with van der Waals surface area (Å²) < 4.78 is 2.13. The molecular weight excluding hydrogens is 156 g/mol. The third kappa shape index (κ3) is 3.31. The van der Waals surface area contributed by atoms with Crippen molar-refractivity contribution in [3.05, 3.63) is 0 Å². The fourth-order valence-electron chi connectivity index (χ4n) is 0.389. The van der Waals surface area contributed by atoms with E-state index >= 15 is 0 Å². The molecule has 0 fully saturated rings. The van der Waals surface area contributed by atoms with Crippen LogP contribution in [-0.4, -0.2) is 23.0 Å². The number of nitrogens with two attached hydrogens (primary N) is 1. The first-order valence-electron chi connectivity index (χ1n) is 2.48. The number of rotatable bonds is 4. The highest BCUT2D eigenvalue weighted by Gasteiger charge is 2.17. The van der Waals surface area contributed by atoms with Gasteiger partial charge in [-0.3, -0.25) is 14.3 Å². The van der Waals surface area contributed by atoms with Crippen LogP contribution in [0, 0.1) is 0 Å². The van der Waals surface area contributed by atoms with Gasteiger partial charge in [-0.1, -0.05) is 12.8 Å². The van der Waals surface area contributed by atoms with E-state index in [-0.39, 0.29) is 6.42 Å². The van der Waals surface area contributed by atoms with Crippen LogP contribution in [0.3, 0.4) is 0 Å². The molecule has 6 heteroatoms. The van der Waals surface area contributed by atoms with Gasteiger partial charge in [0.1, 0.15) is 6.04 Å². The lowest BCUT2D eigenvalue weighted by Crippen LogP contribution is -2.35. The summed E-state index contributed by atoms with van der Waals surface area (Å²) in [5.41, 5.74) is 4.73. The SMILES string of the molecule is NC(=O)C[C@H](NS)C(=O)O. The number of carbonyl (C=O) groups is 2. The minimum Gasteiger partial charge on any atom is -0.480 e. The maximum Gasteiger partial charge on any atom is 0.322 e. The van der Waals surface area contributed by atoms with Crippen LogP contribution < -0.4 is 10.5 Å². The van der Waals surface area contributed by atoms with Gasteiger partial charge < -0.3 is 10.8 Å². The van der Waals surface area contributed by atoms with Crippen LogP contribution in [0.1, 0.15) is 6.42 Å². The Kier molecular flexibility index (Phi) is 3.82. The Morgan fingerprint density at radius 1 is 1.70 bits per heavy atom. The number of amides is 1. The number of carbonyl (C=O) groups excluding carboxylic acids is 1. The molecule has 0 saturated heterocycles. The van der Waals surface area contributed by atoms with Crippen LogP contribution in [0.5, 0.6) is 0 Å². The number of carboxylic acids is 1. The number of hydrogen-bond donors (Lipinski definition) is 4. The smallest absolute Gasteiger partial charge is 0.322 e. The molecule has 0 bridgehead atoms. The molecular formula is C4H8N2O3S. The van der Waals surface area contributed by atoms with Crippen molar-refractivity contribution in [2.45, 2.75) is 12.5 Å². The molecule has 0 saturated carbocycles. The van der Waals surface area contributed by atoms with Gasteiger partial charge >= 0.3 is 5.97 Å². The van der Waals surface area contributed by atoms with E-state index in [9.17, 15) is 9.59 Å². The van der Waals surface area contributed by atoms with Crippen molar-refractivity contribution in [2.75, 3.05) is 0 Å². The first kappa shape index (κ1) is 9.25. The standard InChI is InChI=1S/C4H8N2O3S/c5-3(7)1-2(6-10)4(8)9/h2,6,10H,1H2,(H2,5,7)(H,8,9)/t2-/m0/s1. The molecule has 0 rings (SSSR count). The lowest BCUT2D eigenvalue weighted by molar-refractivity contribution is -0.140. The number of hydrogen-bond acceptors (Lipinski definition) is 4. The normalized spacial score (nSPS) is 12.5. The highest BCUT2D eigenvalue weighted by atomic mass is 32.1. The van der Waals surface area contributed by atoms with E-state index in [0.29, 0.717) is 0 Å². The summed E-state index contributed by atoms with van der Waals surface area (Å²) in [6.45, 7) is 0. The molecule has 0 radical (unpaired) electrons. The molecule has 0 aromatic heterocycles. The number of primary amides is 1. The summed E-state index contributed by atoms with van der Waals surface area (Å²) in [4.78, 5) is 20.3. The van der Waals surface area contributed by atoms with E-state index in [4.69, 9.17) is 10.8 Å². The second-order valence-electron chi connectivity index (χ2n) is 1.69. The van der Waals surface area contributed by atoms with E-state index in [0.717, 1.165) is 0 Å². The average Bonchev–Trinajstić information content (AvgIpc) is 1.81. The highest BCUT2D eigenvalue weighted by molar-refractivity contribution is 7.78. The van der Waals surface area contributed by atoms with Crippen molar-refractivity contribution in [1.82, 2.24) is 4.72 Å². The Bertz CT molecular complexity index is 149. The predicted molar refractivity (Wildman–Crippen MR) is 37.4 cm³/mol. The molecule has 4 N–H and O–H groups in total. The van der Waals surface area contributed by atoms with Crippen molar-refractivity contribution in [2.24, 2.45) is 5.73 Å².